The summed E-state index contributed by atoms with van der Waals surface area (Å²) in [7, 11) is 0. The topological polar surface area (TPSA) is 21.3 Å². The highest BCUT2D eigenvalue weighted by molar-refractivity contribution is 4.68. The Kier molecular flexibility index (Phi) is 5.40. The standard InChI is InChI=1S/C11H23NO/c1-3-5-10(2)8-12-9-11-6-4-7-13-11/h10-12H,3-9H2,1-2H3/t10-,11-/m1/s1. The van der Waals surface area contributed by atoms with Gasteiger partial charge in [-0.05, 0) is 31.7 Å². The number of hydrogen-bond donors (Lipinski definition) is 1. The Bertz CT molecular complexity index is 121. The molecular weight excluding hydrogens is 162 g/mol. The molecule has 0 unspecified atom stereocenters. The third-order valence-electron chi connectivity index (χ3n) is 2.67. The molecule has 1 N–H and O–H groups in total. The Morgan fingerprint density at radius 2 is 2.38 bits per heavy atom. The first-order valence-electron chi connectivity index (χ1n) is 5.65. The molecular formula is C11H23NO. The van der Waals surface area contributed by atoms with Crippen LogP contribution in [0.2, 0.25) is 0 Å². The van der Waals surface area contributed by atoms with Crippen LogP contribution >= 0.6 is 0 Å². The van der Waals surface area contributed by atoms with Gasteiger partial charge in [-0.15, -0.1) is 0 Å². The molecule has 0 aromatic heterocycles. The zero-order chi connectivity index (χ0) is 9.52. The monoisotopic (exact) mass is 185 g/mol. The van der Waals surface area contributed by atoms with Crippen LogP contribution in [0, 0.1) is 5.92 Å². The predicted octanol–water partition coefficient (Wildman–Crippen LogP) is 2.19. The van der Waals surface area contributed by atoms with E-state index in [2.05, 4.69) is 19.2 Å². The predicted molar refractivity (Wildman–Crippen MR) is 55.9 cm³/mol. The number of nitrogens with one attached hydrogen (secondary N) is 1. The van der Waals surface area contributed by atoms with Crippen molar-refractivity contribution in [1.82, 2.24) is 5.32 Å². The fourth-order valence-corrected chi connectivity index (χ4v) is 1.89. The van der Waals surface area contributed by atoms with Gasteiger partial charge in [0.1, 0.15) is 0 Å². The van der Waals surface area contributed by atoms with E-state index in [4.69, 9.17) is 4.74 Å². The summed E-state index contributed by atoms with van der Waals surface area (Å²) in [6, 6.07) is 0. The minimum absolute atomic E-state index is 0.494. The number of rotatable bonds is 6. The van der Waals surface area contributed by atoms with Crippen LogP contribution in [-0.4, -0.2) is 25.8 Å². The van der Waals surface area contributed by atoms with Crippen molar-refractivity contribution in [3.8, 4) is 0 Å². The Morgan fingerprint density at radius 3 is 3.00 bits per heavy atom. The van der Waals surface area contributed by atoms with Crippen molar-refractivity contribution >= 4 is 0 Å². The largest absolute Gasteiger partial charge is 0.377 e. The molecule has 0 aromatic rings. The van der Waals surface area contributed by atoms with E-state index in [-0.39, 0.29) is 0 Å². The molecule has 1 aliphatic heterocycles. The highest BCUT2D eigenvalue weighted by Gasteiger charge is 2.14. The smallest absolute Gasteiger partial charge is 0.0700 e. The van der Waals surface area contributed by atoms with Gasteiger partial charge in [-0.2, -0.15) is 0 Å². The van der Waals surface area contributed by atoms with E-state index in [0.29, 0.717) is 6.10 Å². The zero-order valence-electron chi connectivity index (χ0n) is 9.01. The van der Waals surface area contributed by atoms with Crippen molar-refractivity contribution in [2.45, 2.75) is 45.6 Å². The quantitative estimate of drug-likeness (QED) is 0.685. The molecule has 1 heterocycles. The third-order valence-corrected chi connectivity index (χ3v) is 2.67. The van der Waals surface area contributed by atoms with E-state index in [9.17, 15) is 0 Å². The molecule has 1 saturated heterocycles. The van der Waals surface area contributed by atoms with Gasteiger partial charge in [0.25, 0.3) is 0 Å². The normalized spacial score (nSPS) is 24.9. The molecule has 1 rings (SSSR count). The lowest BCUT2D eigenvalue weighted by Crippen LogP contribution is -2.29. The van der Waals surface area contributed by atoms with Gasteiger partial charge in [0.2, 0.25) is 0 Å². The van der Waals surface area contributed by atoms with E-state index in [1.807, 2.05) is 0 Å². The van der Waals surface area contributed by atoms with Crippen LogP contribution in [-0.2, 0) is 4.74 Å². The fraction of sp³-hybridized carbons (Fsp3) is 1.00. The lowest BCUT2D eigenvalue weighted by Gasteiger charge is -2.14. The molecule has 0 saturated carbocycles. The van der Waals surface area contributed by atoms with Gasteiger partial charge in [0, 0.05) is 13.2 Å². The van der Waals surface area contributed by atoms with Gasteiger partial charge in [-0.1, -0.05) is 20.3 Å². The minimum Gasteiger partial charge on any atom is -0.377 e. The molecule has 2 heteroatoms. The Morgan fingerprint density at radius 1 is 1.54 bits per heavy atom. The molecule has 2 atom stereocenters. The van der Waals surface area contributed by atoms with Crippen LogP contribution in [0.1, 0.15) is 39.5 Å². The zero-order valence-corrected chi connectivity index (χ0v) is 9.01. The van der Waals surface area contributed by atoms with Crippen molar-refractivity contribution in [2.24, 2.45) is 5.92 Å². The van der Waals surface area contributed by atoms with E-state index in [0.717, 1.165) is 25.6 Å². The summed E-state index contributed by atoms with van der Waals surface area (Å²) < 4.78 is 5.53. The summed E-state index contributed by atoms with van der Waals surface area (Å²) in [5.74, 6) is 0.811. The van der Waals surface area contributed by atoms with Gasteiger partial charge in [-0.3, -0.25) is 0 Å². The maximum absolute atomic E-state index is 5.53. The summed E-state index contributed by atoms with van der Waals surface area (Å²) in [5, 5.41) is 3.49. The van der Waals surface area contributed by atoms with Crippen molar-refractivity contribution in [2.75, 3.05) is 19.7 Å². The summed E-state index contributed by atoms with van der Waals surface area (Å²) >= 11 is 0. The molecule has 0 amide bonds. The van der Waals surface area contributed by atoms with Crippen LogP contribution < -0.4 is 5.32 Å². The number of hydrogen-bond acceptors (Lipinski definition) is 2. The van der Waals surface area contributed by atoms with Gasteiger partial charge >= 0.3 is 0 Å². The van der Waals surface area contributed by atoms with Gasteiger partial charge < -0.3 is 10.1 Å². The Labute approximate surface area is 82.0 Å². The maximum atomic E-state index is 5.53. The number of ether oxygens (including phenoxy) is 1. The third kappa shape index (κ3) is 4.63. The second kappa shape index (κ2) is 6.39. The lowest BCUT2D eigenvalue weighted by atomic mass is 10.1. The first-order valence-corrected chi connectivity index (χ1v) is 5.65. The molecule has 0 bridgehead atoms. The highest BCUT2D eigenvalue weighted by atomic mass is 16.5. The molecule has 2 nitrogen and oxygen atoms in total. The van der Waals surface area contributed by atoms with Crippen LogP contribution in [0.25, 0.3) is 0 Å². The summed E-state index contributed by atoms with van der Waals surface area (Å²) in [4.78, 5) is 0. The SMILES string of the molecule is CCC[C@@H](C)CNC[C@H]1CCCO1. The minimum atomic E-state index is 0.494. The Hall–Kier alpha value is -0.0800. The molecule has 13 heavy (non-hydrogen) atoms. The molecule has 78 valence electrons. The summed E-state index contributed by atoms with van der Waals surface area (Å²) in [5.41, 5.74) is 0. The Balaban J connectivity index is 1.93. The van der Waals surface area contributed by atoms with E-state index in [1.165, 1.54) is 25.7 Å². The van der Waals surface area contributed by atoms with Crippen LogP contribution in [0.4, 0.5) is 0 Å². The van der Waals surface area contributed by atoms with Crippen LogP contribution in [0.3, 0.4) is 0 Å². The summed E-state index contributed by atoms with van der Waals surface area (Å²) in [6.45, 7) is 7.72. The first-order chi connectivity index (χ1) is 6.33. The molecule has 0 aliphatic carbocycles. The van der Waals surface area contributed by atoms with Gasteiger partial charge in [0.15, 0.2) is 0 Å². The average molecular weight is 185 g/mol. The van der Waals surface area contributed by atoms with Crippen molar-refractivity contribution in [3.05, 3.63) is 0 Å². The average Bonchev–Trinajstić information content (AvgIpc) is 2.57. The lowest BCUT2D eigenvalue weighted by molar-refractivity contribution is 0.109. The maximum Gasteiger partial charge on any atom is 0.0700 e. The van der Waals surface area contributed by atoms with Crippen LogP contribution in [0.5, 0.6) is 0 Å². The molecule has 1 fully saturated rings. The van der Waals surface area contributed by atoms with Crippen molar-refractivity contribution in [1.29, 1.82) is 0 Å². The second-order valence-corrected chi connectivity index (χ2v) is 4.19. The van der Waals surface area contributed by atoms with Crippen molar-refractivity contribution < 1.29 is 4.74 Å². The van der Waals surface area contributed by atoms with Gasteiger partial charge in [0.05, 0.1) is 6.10 Å². The molecule has 0 spiro atoms. The van der Waals surface area contributed by atoms with Crippen LogP contribution in [0.15, 0.2) is 0 Å². The highest BCUT2D eigenvalue weighted by Crippen LogP contribution is 2.11. The van der Waals surface area contributed by atoms with Crippen molar-refractivity contribution in [3.63, 3.8) is 0 Å². The molecule has 1 aliphatic rings. The molecule has 0 aromatic carbocycles. The first kappa shape index (κ1) is 11.0. The second-order valence-electron chi connectivity index (χ2n) is 4.19. The van der Waals surface area contributed by atoms with E-state index in [1.54, 1.807) is 0 Å². The fourth-order valence-electron chi connectivity index (χ4n) is 1.89. The van der Waals surface area contributed by atoms with Gasteiger partial charge in [-0.25, -0.2) is 0 Å². The summed E-state index contributed by atoms with van der Waals surface area (Å²) in [6.07, 6.45) is 5.61. The van der Waals surface area contributed by atoms with E-state index < -0.39 is 0 Å². The molecule has 0 radical (unpaired) electrons. The van der Waals surface area contributed by atoms with E-state index >= 15 is 0 Å².